The van der Waals surface area contributed by atoms with Crippen molar-refractivity contribution >= 4 is 6.08 Å². The van der Waals surface area contributed by atoms with Crippen molar-refractivity contribution in [3.8, 4) is 11.5 Å². The first-order valence-corrected chi connectivity index (χ1v) is 8.23. The summed E-state index contributed by atoms with van der Waals surface area (Å²) in [5.41, 5.74) is 4.05. The molecule has 3 rings (SSSR count). The van der Waals surface area contributed by atoms with Gasteiger partial charge in [0.25, 0.3) is 0 Å². The molecule has 0 fully saturated rings. The van der Waals surface area contributed by atoms with Gasteiger partial charge < -0.3 is 9.47 Å². The molecule has 1 heterocycles. The Bertz CT molecular complexity index is 826. The summed E-state index contributed by atoms with van der Waals surface area (Å²) in [7, 11) is 0. The quantitative estimate of drug-likeness (QED) is 0.597. The van der Waals surface area contributed by atoms with Gasteiger partial charge in [-0.3, -0.25) is 4.98 Å². The van der Waals surface area contributed by atoms with E-state index < -0.39 is 0 Å². The summed E-state index contributed by atoms with van der Waals surface area (Å²) in [6.07, 6.45) is 1.81. The van der Waals surface area contributed by atoms with E-state index in [4.69, 9.17) is 9.47 Å². The average Bonchev–Trinajstić information content (AvgIpc) is 2.66. The molecule has 0 unspecified atom stereocenters. The van der Waals surface area contributed by atoms with Gasteiger partial charge in [-0.25, -0.2) is 0 Å². The van der Waals surface area contributed by atoms with Crippen molar-refractivity contribution in [3.05, 3.63) is 95.8 Å². The summed E-state index contributed by atoms with van der Waals surface area (Å²) >= 11 is 0. The standard InChI is InChI=1S/C22H21NO2/c1-3-19-9-10-20(23-17(19)2)16-25-22-13-11-21(12-14-22)24-15-18-7-5-4-6-8-18/h3-14H,1,15-16H2,2H3. The molecule has 0 saturated carbocycles. The lowest BCUT2D eigenvalue weighted by Gasteiger charge is -2.09. The van der Waals surface area contributed by atoms with Crippen LogP contribution < -0.4 is 9.47 Å². The van der Waals surface area contributed by atoms with Crippen molar-refractivity contribution in [1.29, 1.82) is 0 Å². The van der Waals surface area contributed by atoms with Crippen molar-refractivity contribution in [1.82, 2.24) is 4.98 Å². The highest BCUT2D eigenvalue weighted by Crippen LogP contribution is 2.20. The lowest BCUT2D eigenvalue weighted by Crippen LogP contribution is -2.00. The first kappa shape index (κ1) is 16.8. The van der Waals surface area contributed by atoms with Crippen LogP contribution in [-0.4, -0.2) is 4.98 Å². The minimum atomic E-state index is 0.433. The molecule has 0 spiro atoms. The molecule has 0 bridgehead atoms. The third-order valence-corrected chi connectivity index (χ3v) is 3.86. The summed E-state index contributed by atoms with van der Waals surface area (Å²) in [5.74, 6) is 1.61. The predicted octanol–water partition coefficient (Wildman–Crippen LogP) is 5.19. The number of aryl methyl sites for hydroxylation is 1. The lowest BCUT2D eigenvalue weighted by molar-refractivity contribution is 0.294. The Morgan fingerprint density at radius 3 is 2.08 bits per heavy atom. The van der Waals surface area contributed by atoms with E-state index in [1.165, 1.54) is 0 Å². The van der Waals surface area contributed by atoms with Crippen LogP contribution in [0.15, 0.2) is 73.3 Å². The Labute approximate surface area is 148 Å². The molecule has 0 aliphatic rings. The molecule has 0 amide bonds. The van der Waals surface area contributed by atoms with Crippen LogP contribution in [0.2, 0.25) is 0 Å². The monoisotopic (exact) mass is 331 g/mol. The van der Waals surface area contributed by atoms with Gasteiger partial charge in [-0.05, 0) is 48.4 Å². The minimum Gasteiger partial charge on any atom is -0.489 e. The maximum absolute atomic E-state index is 5.79. The molecular weight excluding hydrogens is 310 g/mol. The van der Waals surface area contributed by atoms with Crippen LogP contribution in [0.1, 0.15) is 22.5 Å². The number of ether oxygens (including phenoxy) is 2. The van der Waals surface area contributed by atoms with Crippen LogP contribution in [0.3, 0.4) is 0 Å². The van der Waals surface area contributed by atoms with Crippen LogP contribution in [0.25, 0.3) is 6.08 Å². The fraction of sp³-hybridized carbons (Fsp3) is 0.136. The van der Waals surface area contributed by atoms with Gasteiger partial charge in [-0.1, -0.05) is 49.1 Å². The van der Waals surface area contributed by atoms with Gasteiger partial charge in [-0.2, -0.15) is 0 Å². The second kappa shape index (κ2) is 8.15. The number of hydrogen-bond donors (Lipinski definition) is 0. The van der Waals surface area contributed by atoms with Gasteiger partial charge in [-0.15, -0.1) is 0 Å². The summed E-state index contributed by atoms with van der Waals surface area (Å²) in [4.78, 5) is 4.52. The summed E-state index contributed by atoms with van der Waals surface area (Å²) in [5, 5.41) is 0. The van der Waals surface area contributed by atoms with E-state index in [-0.39, 0.29) is 0 Å². The molecule has 0 atom stereocenters. The zero-order chi connectivity index (χ0) is 17.5. The summed E-state index contributed by atoms with van der Waals surface area (Å²) in [6, 6.07) is 21.7. The fourth-order valence-corrected chi connectivity index (χ4v) is 2.45. The number of aromatic nitrogens is 1. The highest BCUT2D eigenvalue weighted by Gasteiger charge is 2.02. The Kier molecular flexibility index (Phi) is 5.47. The predicted molar refractivity (Wildman–Crippen MR) is 101 cm³/mol. The van der Waals surface area contributed by atoms with Gasteiger partial charge >= 0.3 is 0 Å². The third kappa shape index (κ3) is 4.70. The number of hydrogen-bond acceptors (Lipinski definition) is 3. The Morgan fingerprint density at radius 2 is 1.48 bits per heavy atom. The molecule has 3 heteroatoms. The fourth-order valence-electron chi connectivity index (χ4n) is 2.45. The van der Waals surface area contributed by atoms with Crippen molar-refractivity contribution < 1.29 is 9.47 Å². The molecule has 2 aromatic carbocycles. The normalized spacial score (nSPS) is 10.3. The average molecular weight is 331 g/mol. The molecule has 25 heavy (non-hydrogen) atoms. The number of rotatable bonds is 7. The van der Waals surface area contributed by atoms with Gasteiger partial charge in [0.15, 0.2) is 0 Å². The van der Waals surface area contributed by atoms with Crippen LogP contribution in [0.4, 0.5) is 0 Å². The Balaban J connectivity index is 1.54. The van der Waals surface area contributed by atoms with Crippen LogP contribution in [0.5, 0.6) is 11.5 Å². The maximum Gasteiger partial charge on any atom is 0.130 e. The zero-order valence-electron chi connectivity index (χ0n) is 14.3. The van der Waals surface area contributed by atoms with Gasteiger partial charge in [0.05, 0.1) is 5.69 Å². The second-order valence-electron chi connectivity index (χ2n) is 5.72. The first-order valence-electron chi connectivity index (χ1n) is 8.23. The largest absolute Gasteiger partial charge is 0.489 e. The molecule has 0 radical (unpaired) electrons. The summed E-state index contributed by atoms with van der Waals surface area (Å²) in [6.45, 7) is 6.73. The van der Waals surface area contributed by atoms with E-state index in [0.717, 1.165) is 34.0 Å². The molecule has 0 N–H and O–H groups in total. The zero-order valence-corrected chi connectivity index (χ0v) is 14.3. The molecule has 1 aromatic heterocycles. The van der Waals surface area contributed by atoms with Crippen molar-refractivity contribution in [2.45, 2.75) is 20.1 Å². The second-order valence-corrected chi connectivity index (χ2v) is 5.72. The van der Waals surface area contributed by atoms with Gasteiger partial charge in [0.2, 0.25) is 0 Å². The topological polar surface area (TPSA) is 31.4 Å². The van der Waals surface area contributed by atoms with E-state index in [9.17, 15) is 0 Å². The lowest BCUT2D eigenvalue weighted by atomic mass is 10.2. The third-order valence-electron chi connectivity index (χ3n) is 3.86. The minimum absolute atomic E-state index is 0.433. The molecule has 3 aromatic rings. The van der Waals surface area contributed by atoms with Gasteiger partial charge in [0.1, 0.15) is 24.7 Å². The highest BCUT2D eigenvalue weighted by atomic mass is 16.5. The molecule has 126 valence electrons. The van der Waals surface area contributed by atoms with E-state index in [0.29, 0.717) is 13.2 Å². The smallest absolute Gasteiger partial charge is 0.130 e. The van der Waals surface area contributed by atoms with Gasteiger partial charge in [0, 0.05) is 5.69 Å². The van der Waals surface area contributed by atoms with Crippen molar-refractivity contribution in [3.63, 3.8) is 0 Å². The van der Waals surface area contributed by atoms with E-state index in [1.807, 2.05) is 73.7 Å². The number of nitrogens with zero attached hydrogens (tertiary/aromatic N) is 1. The maximum atomic E-state index is 5.79. The van der Waals surface area contributed by atoms with Crippen LogP contribution >= 0.6 is 0 Å². The molecule has 0 saturated heterocycles. The number of pyridine rings is 1. The van der Waals surface area contributed by atoms with E-state index in [1.54, 1.807) is 6.08 Å². The molecular formula is C22H21NO2. The first-order chi connectivity index (χ1) is 12.2. The van der Waals surface area contributed by atoms with Crippen LogP contribution in [-0.2, 0) is 13.2 Å². The van der Waals surface area contributed by atoms with E-state index in [2.05, 4.69) is 11.6 Å². The summed E-state index contributed by atoms with van der Waals surface area (Å²) < 4.78 is 11.6. The molecule has 0 aliphatic carbocycles. The number of benzene rings is 2. The van der Waals surface area contributed by atoms with E-state index >= 15 is 0 Å². The SMILES string of the molecule is C=Cc1ccc(COc2ccc(OCc3ccccc3)cc2)nc1C. The van der Waals surface area contributed by atoms with Crippen molar-refractivity contribution in [2.75, 3.05) is 0 Å². The van der Waals surface area contributed by atoms with Crippen LogP contribution in [0, 0.1) is 6.92 Å². The highest BCUT2D eigenvalue weighted by molar-refractivity contribution is 5.49. The Hall–Kier alpha value is -3.07. The Morgan fingerprint density at radius 1 is 0.840 bits per heavy atom. The molecule has 0 aliphatic heterocycles. The van der Waals surface area contributed by atoms with Crippen molar-refractivity contribution in [2.24, 2.45) is 0 Å². The molecule has 3 nitrogen and oxygen atoms in total.